The van der Waals surface area contributed by atoms with Gasteiger partial charge in [0.15, 0.2) is 5.17 Å². The predicted octanol–water partition coefficient (Wildman–Crippen LogP) is 3.50. The first-order valence-electron chi connectivity index (χ1n) is 9.32. The number of nitrogens with two attached hydrogens (primary N) is 1. The number of aromatic nitrogens is 2. The Labute approximate surface area is 172 Å². The van der Waals surface area contributed by atoms with Gasteiger partial charge in [0.1, 0.15) is 0 Å². The number of aliphatic imine (C=N–C) groups is 1. The molecule has 0 atom stereocenters. The van der Waals surface area contributed by atoms with Gasteiger partial charge in [0.25, 0.3) is 5.91 Å². The first kappa shape index (κ1) is 19.2. The number of ether oxygens (including phenoxy) is 1. The number of anilines is 1. The zero-order chi connectivity index (χ0) is 20.4. The molecule has 4 rings (SSSR count). The maximum absolute atomic E-state index is 12.4. The molecule has 1 aliphatic rings. The van der Waals surface area contributed by atoms with Gasteiger partial charge in [0, 0.05) is 11.3 Å². The molecule has 1 aromatic heterocycles. The van der Waals surface area contributed by atoms with Crippen molar-refractivity contribution in [3.63, 3.8) is 0 Å². The SMILES string of the molecule is CC(C)Oc1nc(N)nc2ccc(-c3ccc(C(=O)NC4=NCCS4)cc3)cc12. The Morgan fingerprint density at radius 2 is 1.90 bits per heavy atom. The summed E-state index contributed by atoms with van der Waals surface area (Å²) in [4.78, 5) is 25.1. The highest BCUT2D eigenvalue weighted by Crippen LogP contribution is 2.30. The van der Waals surface area contributed by atoms with Gasteiger partial charge in [-0.1, -0.05) is 30.0 Å². The molecule has 0 fully saturated rings. The van der Waals surface area contributed by atoms with E-state index in [9.17, 15) is 4.79 Å². The molecule has 0 unspecified atom stereocenters. The molecule has 3 N–H and O–H groups in total. The van der Waals surface area contributed by atoms with Crippen LogP contribution >= 0.6 is 11.8 Å². The van der Waals surface area contributed by atoms with Crippen LogP contribution in [-0.2, 0) is 0 Å². The molecule has 0 saturated carbocycles. The Hall–Kier alpha value is -3.13. The molecule has 8 heteroatoms. The molecule has 0 spiro atoms. The summed E-state index contributed by atoms with van der Waals surface area (Å²) in [5.41, 5.74) is 9.06. The lowest BCUT2D eigenvalue weighted by Crippen LogP contribution is -2.27. The third-order valence-electron chi connectivity index (χ3n) is 4.31. The van der Waals surface area contributed by atoms with E-state index in [0.29, 0.717) is 16.6 Å². The van der Waals surface area contributed by atoms with E-state index in [4.69, 9.17) is 10.5 Å². The number of amides is 1. The lowest BCUT2D eigenvalue weighted by atomic mass is 10.0. The number of carbonyl (C=O) groups is 1. The summed E-state index contributed by atoms with van der Waals surface area (Å²) in [6.07, 6.45) is -0.0309. The zero-order valence-electron chi connectivity index (χ0n) is 16.2. The van der Waals surface area contributed by atoms with Crippen LogP contribution in [0, 0.1) is 0 Å². The van der Waals surface area contributed by atoms with E-state index in [1.54, 1.807) is 23.9 Å². The number of rotatable bonds is 4. The van der Waals surface area contributed by atoms with E-state index in [-0.39, 0.29) is 18.0 Å². The van der Waals surface area contributed by atoms with Gasteiger partial charge in [-0.15, -0.1) is 0 Å². The molecule has 2 heterocycles. The predicted molar refractivity (Wildman–Crippen MR) is 117 cm³/mol. The molecule has 29 heavy (non-hydrogen) atoms. The standard InChI is InChI=1S/C21H21N5O2S/c1-12(2)28-19-16-11-15(7-8-17(16)24-20(22)26-19)13-3-5-14(6-4-13)18(27)25-21-23-9-10-29-21/h3-8,11-12H,9-10H2,1-2H3,(H2,22,24,26)(H,23,25,27). The number of nitrogens with one attached hydrogen (secondary N) is 1. The van der Waals surface area contributed by atoms with Gasteiger partial charge >= 0.3 is 0 Å². The quantitative estimate of drug-likeness (QED) is 0.686. The smallest absolute Gasteiger partial charge is 0.257 e. The minimum absolute atomic E-state index is 0.0309. The van der Waals surface area contributed by atoms with Crippen LogP contribution in [0.1, 0.15) is 24.2 Å². The molecular formula is C21H21N5O2S. The highest BCUT2D eigenvalue weighted by molar-refractivity contribution is 8.14. The van der Waals surface area contributed by atoms with E-state index < -0.39 is 0 Å². The fourth-order valence-corrected chi connectivity index (χ4v) is 3.73. The van der Waals surface area contributed by atoms with Crippen LogP contribution in [0.4, 0.5) is 5.95 Å². The van der Waals surface area contributed by atoms with Crippen molar-refractivity contribution in [3.8, 4) is 17.0 Å². The average Bonchev–Trinajstić information content (AvgIpc) is 3.20. The molecule has 0 radical (unpaired) electrons. The van der Waals surface area contributed by atoms with Crippen molar-refractivity contribution >= 4 is 39.7 Å². The topological polar surface area (TPSA) is 102 Å². The van der Waals surface area contributed by atoms with Gasteiger partial charge in [-0.3, -0.25) is 9.79 Å². The van der Waals surface area contributed by atoms with Crippen molar-refractivity contribution < 1.29 is 9.53 Å². The second kappa shape index (κ2) is 8.08. The summed E-state index contributed by atoms with van der Waals surface area (Å²) >= 11 is 1.56. The second-order valence-corrected chi connectivity index (χ2v) is 7.94. The van der Waals surface area contributed by atoms with Crippen LogP contribution < -0.4 is 15.8 Å². The maximum Gasteiger partial charge on any atom is 0.257 e. The number of thioether (sulfide) groups is 1. The third-order valence-corrected chi connectivity index (χ3v) is 5.20. The van der Waals surface area contributed by atoms with Gasteiger partial charge in [0.05, 0.1) is 23.6 Å². The normalized spacial score (nSPS) is 13.6. The fraction of sp³-hybridized carbons (Fsp3) is 0.238. The highest BCUT2D eigenvalue weighted by Gasteiger charge is 2.14. The fourth-order valence-electron chi connectivity index (χ4n) is 3.00. The summed E-state index contributed by atoms with van der Waals surface area (Å²) in [7, 11) is 0. The number of hydrogen-bond donors (Lipinski definition) is 2. The van der Waals surface area contributed by atoms with E-state index >= 15 is 0 Å². The molecule has 0 bridgehead atoms. The van der Waals surface area contributed by atoms with E-state index in [1.807, 2.05) is 44.2 Å². The van der Waals surface area contributed by atoms with Gasteiger partial charge in [-0.05, 0) is 49.2 Å². The van der Waals surface area contributed by atoms with Crippen LogP contribution in [0.3, 0.4) is 0 Å². The summed E-state index contributed by atoms with van der Waals surface area (Å²) in [5.74, 6) is 1.41. The minimum Gasteiger partial charge on any atom is -0.474 e. The largest absolute Gasteiger partial charge is 0.474 e. The Kier molecular flexibility index (Phi) is 5.35. The number of nitrogens with zero attached hydrogens (tertiary/aromatic N) is 3. The second-order valence-electron chi connectivity index (χ2n) is 6.85. The first-order chi connectivity index (χ1) is 14.0. The number of fused-ring (bicyclic) bond motifs is 1. The van der Waals surface area contributed by atoms with Crippen molar-refractivity contribution in [3.05, 3.63) is 48.0 Å². The van der Waals surface area contributed by atoms with E-state index in [2.05, 4.69) is 20.3 Å². The average molecular weight is 407 g/mol. The summed E-state index contributed by atoms with van der Waals surface area (Å²) in [6, 6.07) is 13.3. The first-order valence-corrected chi connectivity index (χ1v) is 10.3. The Morgan fingerprint density at radius 3 is 2.59 bits per heavy atom. The number of nitrogen functional groups attached to an aromatic ring is 1. The molecular weight excluding hydrogens is 386 g/mol. The van der Waals surface area contributed by atoms with Crippen LogP contribution in [0.2, 0.25) is 0 Å². The van der Waals surface area contributed by atoms with Crippen LogP contribution in [0.5, 0.6) is 5.88 Å². The van der Waals surface area contributed by atoms with Gasteiger partial charge in [-0.2, -0.15) is 4.98 Å². The lowest BCUT2D eigenvalue weighted by molar-refractivity contribution is 0.0978. The number of benzene rings is 2. The molecule has 148 valence electrons. The monoisotopic (exact) mass is 407 g/mol. The molecule has 3 aromatic rings. The summed E-state index contributed by atoms with van der Waals surface area (Å²) in [6.45, 7) is 4.62. The van der Waals surface area contributed by atoms with Crippen LogP contribution in [-0.4, -0.2) is 39.4 Å². The Morgan fingerprint density at radius 1 is 1.14 bits per heavy atom. The Balaban J connectivity index is 1.62. The maximum atomic E-state index is 12.4. The van der Waals surface area contributed by atoms with E-state index in [0.717, 1.165) is 34.3 Å². The Bertz CT molecular complexity index is 1100. The third kappa shape index (κ3) is 4.32. The van der Waals surface area contributed by atoms with Gasteiger partial charge < -0.3 is 15.8 Å². The molecule has 0 saturated heterocycles. The molecule has 7 nitrogen and oxygen atoms in total. The molecule has 1 aliphatic heterocycles. The number of hydrogen-bond acceptors (Lipinski definition) is 7. The molecule has 1 amide bonds. The van der Waals surface area contributed by atoms with Gasteiger partial charge in [0.2, 0.25) is 11.8 Å². The van der Waals surface area contributed by atoms with Crippen molar-refractivity contribution in [2.75, 3.05) is 18.0 Å². The van der Waals surface area contributed by atoms with Crippen molar-refractivity contribution in [2.45, 2.75) is 20.0 Å². The number of carbonyl (C=O) groups excluding carboxylic acids is 1. The lowest BCUT2D eigenvalue weighted by Gasteiger charge is -2.12. The zero-order valence-corrected chi connectivity index (χ0v) is 17.0. The summed E-state index contributed by atoms with van der Waals surface area (Å²) in [5, 5.41) is 4.32. The van der Waals surface area contributed by atoms with Gasteiger partial charge in [-0.25, -0.2) is 4.98 Å². The highest BCUT2D eigenvalue weighted by atomic mass is 32.2. The molecule has 0 aliphatic carbocycles. The van der Waals surface area contributed by atoms with E-state index in [1.165, 1.54) is 0 Å². The minimum atomic E-state index is -0.153. The van der Waals surface area contributed by atoms with Crippen molar-refractivity contribution in [1.82, 2.24) is 15.3 Å². The van der Waals surface area contributed by atoms with Crippen molar-refractivity contribution in [1.29, 1.82) is 0 Å². The molecule has 2 aromatic carbocycles. The van der Waals surface area contributed by atoms with Crippen LogP contribution in [0.15, 0.2) is 47.5 Å². The van der Waals surface area contributed by atoms with Crippen LogP contribution in [0.25, 0.3) is 22.0 Å². The number of amidine groups is 1. The summed E-state index contributed by atoms with van der Waals surface area (Å²) < 4.78 is 5.82. The van der Waals surface area contributed by atoms with Crippen molar-refractivity contribution in [2.24, 2.45) is 4.99 Å².